The molecule has 0 radical (unpaired) electrons. The van der Waals surface area contributed by atoms with Gasteiger partial charge in [0.25, 0.3) is 5.69 Å². The number of ether oxygens (including phenoxy) is 10. The van der Waals surface area contributed by atoms with Gasteiger partial charge in [0.1, 0.15) is 12.4 Å². The Balaban J connectivity index is 1.17. The van der Waals surface area contributed by atoms with E-state index in [-0.39, 0.29) is 5.69 Å². The zero-order valence-electron chi connectivity index (χ0n) is 25.3. The van der Waals surface area contributed by atoms with Crippen molar-refractivity contribution in [3.05, 3.63) is 34.4 Å². The highest BCUT2D eigenvalue weighted by Gasteiger charge is 2.12. The van der Waals surface area contributed by atoms with Gasteiger partial charge in [0.15, 0.2) is 0 Å². The lowest BCUT2D eigenvalue weighted by molar-refractivity contribution is -0.384. The van der Waals surface area contributed by atoms with Crippen molar-refractivity contribution >= 4 is 5.69 Å². The summed E-state index contributed by atoms with van der Waals surface area (Å²) in [5, 5.41) is 13.9. The minimum atomic E-state index is -0.450. The summed E-state index contributed by atoms with van der Waals surface area (Å²) < 4.78 is 55.0. The van der Waals surface area contributed by atoms with Gasteiger partial charge in [-0.3, -0.25) is 10.1 Å². The number of benzene rings is 1. The van der Waals surface area contributed by atoms with E-state index >= 15 is 0 Å². The highest BCUT2D eigenvalue weighted by Crippen LogP contribution is 2.17. The van der Waals surface area contributed by atoms with Crippen LogP contribution in [-0.4, -0.2) is 143 Å². The number of nitro groups is 1. The van der Waals surface area contributed by atoms with Gasteiger partial charge < -0.3 is 52.7 Å². The smallest absolute Gasteiger partial charge is 0.269 e. The van der Waals surface area contributed by atoms with Crippen molar-refractivity contribution in [1.29, 1.82) is 0 Å². The summed E-state index contributed by atoms with van der Waals surface area (Å²) in [4.78, 5) is 10.2. The van der Waals surface area contributed by atoms with Gasteiger partial charge in [0.2, 0.25) is 0 Å². The molecule has 0 saturated carbocycles. The molecular formula is C29H50N2O12. The van der Waals surface area contributed by atoms with Crippen LogP contribution in [0.15, 0.2) is 24.3 Å². The average molecular weight is 619 g/mol. The average Bonchev–Trinajstić information content (AvgIpc) is 3.03. The summed E-state index contributed by atoms with van der Waals surface area (Å²) >= 11 is 0. The molecule has 14 nitrogen and oxygen atoms in total. The Labute approximate surface area is 254 Å². The molecule has 43 heavy (non-hydrogen) atoms. The molecule has 1 fully saturated rings. The second-order valence-electron chi connectivity index (χ2n) is 9.32. The molecule has 1 aliphatic rings. The van der Waals surface area contributed by atoms with Gasteiger partial charge in [-0.25, -0.2) is 0 Å². The van der Waals surface area contributed by atoms with Gasteiger partial charge in [-0.2, -0.15) is 0 Å². The second-order valence-corrected chi connectivity index (χ2v) is 9.32. The van der Waals surface area contributed by atoms with E-state index < -0.39 is 4.92 Å². The maximum absolute atomic E-state index is 10.6. The topological polar surface area (TPSA) is 147 Å². The Hall–Kier alpha value is -1.98. The van der Waals surface area contributed by atoms with Crippen molar-refractivity contribution < 1.29 is 52.3 Å². The number of nitrogens with zero attached hydrogens (tertiary/aromatic N) is 1. The van der Waals surface area contributed by atoms with Gasteiger partial charge >= 0.3 is 0 Å². The zero-order valence-corrected chi connectivity index (χ0v) is 25.3. The molecule has 14 heteroatoms. The standard InChI is InChI=1S/C29H50N2O12/c32-31(33)27-1-3-28(4-2-27)42-25-23-40-21-19-38-17-15-36-13-11-34-9-10-35-12-14-37-16-18-39-20-22-41-24-26-43-29-5-7-30-8-6-29/h1-4,29-30H,5-26H2. The Morgan fingerprint density at radius 1 is 0.558 bits per heavy atom. The van der Waals surface area contributed by atoms with E-state index in [1.807, 2.05) is 0 Å². The first-order valence-corrected chi connectivity index (χ1v) is 15.1. The van der Waals surface area contributed by atoms with Crippen LogP contribution in [0.2, 0.25) is 0 Å². The largest absolute Gasteiger partial charge is 0.491 e. The molecule has 0 bridgehead atoms. The van der Waals surface area contributed by atoms with Gasteiger partial charge in [-0.1, -0.05) is 0 Å². The van der Waals surface area contributed by atoms with Crippen molar-refractivity contribution in [2.24, 2.45) is 0 Å². The lowest BCUT2D eigenvalue weighted by Crippen LogP contribution is -2.33. The van der Waals surface area contributed by atoms with Gasteiger partial charge in [-0.05, 0) is 38.1 Å². The summed E-state index contributed by atoms with van der Waals surface area (Å²) in [6.45, 7) is 11.0. The third-order valence-corrected chi connectivity index (χ3v) is 6.02. The Morgan fingerprint density at radius 3 is 1.28 bits per heavy atom. The van der Waals surface area contributed by atoms with Crippen molar-refractivity contribution in [3.8, 4) is 5.75 Å². The Kier molecular flexibility index (Phi) is 23.8. The van der Waals surface area contributed by atoms with Crippen LogP contribution in [0, 0.1) is 10.1 Å². The minimum absolute atomic E-state index is 0.0284. The molecule has 248 valence electrons. The van der Waals surface area contributed by atoms with E-state index in [1.165, 1.54) is 12.1 Å². The number of non-ortho nitro benzene ring substituents is 1. The van der Waals surface area contributed by atoms with Gasteiger partial charge in [0.05, 0.1) is 123 Å². The fourth-order valence-corrected chi connectivity index (χ4v) is 3.76. The number of hydrogen-bond donors (Lipinski definition) is 1. The maximum Gasteiger partial charge on any atom is 0.269 e. The highest BCUT2D eigenvalue weighted by atomic mass is 16.6. The fourth-order valence-electron chi connectivity index (χ4n) is 3.76. The summed E-state index contributed by atoms with van der Waals surface area (Å²) in [6, 6.07) is 5.92. The number of nitro benzene ring substituents is 1. The molecule has 1 N–H and O–H groups in total. The zero-order chi connectivity index (χ0) is 30.5. The third-order valence-electron chi connectivity index (χ3n) is 6.02. The molecule has 1 aliphatic heterocycles. The van der Waals surface area contributed by atoms with Gasteiger partial charge in [-0.15, -0.1) is 0 Å². The number of hydrogen-bond acceptors (Lipinski definition) is 13. The molecule has 0 atom stereocenters. The van der Waals surface area contributed by atoms with E-state index in [1.54, 1.807) is 12.1 Å². The second kappa shape index (κ2) is 27.6. The molecule has 1 saturated heterocycles. The first-order valence-electron chi connectivity index (χ1n) is 15.1. The van der Waals surface area contributed by atoms with Crippen LogP contribution in [0.4, 0.5) is 5.69 Å². The monoisotopic (exact) mass is 618 g/mol. The van der Waals surface area contributed by atoms with Crippen LogP contribution in [0.3, 0.4) is 0 Å². The Bertz CT molecular complexity index is 768. The lowest BCUT2D eigenvalue weighted by Gasteiger charge is -2.22. The number of rotatable bonds is 30. The SMILES string of the molecule is O=[N+]([O-])c1ccc(OCCOCCOCCOCCOCCOCCOCCOCCOCCOC2CCNCC2)cc1. The van der Waals surface area contributed by atoms with E-state index in [9.17, 15) is 10.1 Å². The quantitative estimate of drug-likeness (QED) is 0.0761. The molecule has 0 amide bonds. The van der Waals surface area contributed by atoms with E-state index in [0.717, 1.165) is 25.9 Å². The molecule has 2 rings (SSSR count). The van der Waals surface area contributed by atoms with Crippen molar-refractivity contribution in [1.82, 2.24) is 5.32 Å². The highest BCUT2D eigenvalue weighted by molar-refractivity contribution is 5.35. The predicted molar refractivity (Wildman–Crippen MR) is 157 cm³/mol. The van der Waals surface area contributed by atoms with Crippen LogP contribution < -0.4 is 10.1 Å². The first-order chi connectivity index (χ1) is 21.3. The molecule has 0 spiro atoms. The summed E-state index contributed by atoms with van der Waals surface area (Å²) in [7, 11) is 0. The molecule has 0 aromatic heterocycles. The molecule has 1 aromatic carbocycles. The van der Waals surface area contributed by atoms with Crippen LogP contribution in [0.5, 0.6) is 5.75 Å². The van der Waals surface area contributed by atoms with E-state index in [2.05, 4.69) is 5.32 Å². The van der Waals surface area contributed by atoms with Crippen LogP contribution in [0.25, 0.3) is 0 Å². The Morgan fingerprint density at radius 2 is 0.907 bits per heavy atom. The normalized spacial score (nSPS) is 13.9. The summed E-state index contributed by atoms with van der Waals surface area (Å²) in [5.41, 5.74) is 0.0284. The molecular weight excluding hydrogens is 568 g/mol. The van der Waals surface area contributed by atoms with Crippen LogP contribution in [0.1, 0.15) is 12.8 Å². The molecule has 0 unspecified atom stereocenters. The third kappa shape index (κ3) is 22.2. The van der Waals surface area contributed by atoms with Crippen molar-refractivity contribution in [2.45, 2.75) is 18.9 Å². The number of nitrogens with one attached hydrogen (secondary N) is 1. The van der Waals surface area contributed by atoms with Gasteiger partial charge in [0, 0.05) is 12.1 Å². The lowest BCUT2D eigenvalue weighted by atomic mass is 10.1. The predicted octanol–water partition coefficient (Wildman–Crippen LogP) is 1.88. The summed E-state index contributed by atoms with van der Waals surface area (Å²) in [6.07, 6.45) is 2.52. The van der Waals surface area contributed by atoms with Crippen LogP contribution >= 0.6 is 0 Å². The number of piperidine rings is 1. The first kappa shape index (κ1) is 37.2. The van der Waals surface area contributed by atoms with Crippen molar-refractivity contribution in [2.75, 3.05) is 132 Å². The van der Waals surface area contributed by atoms with Crippen LogP contribution in [-0.2, 0) is 42.6 Å². The fraction of sp³-hybridized carbons (Fsp3) is 0.793. The van der Waals surface area contributed by atoms with E-state index in [0.29, 0.717) is 131 Å². The molecule has 1 heterocycles. The maximum atomic E-state index is 10.6. The van der Waals surface area contributed by atoms with Crippen molar-refractivity contribution in [3.63, 3.8) is 0 Å². The summed E-state index contributed by atoms with van der Waals surface area (Å²) in [5.74, 6) is 0.559. The molecule has 0 aliphatic carbocycles. The van der Waals surface area contributed by atoms with E-state index in [4.69, 9.17) is 47.4 Å². The molecule has 1 aromatic rings. The minimum Gasteiger partial charge on any atom is -0.491 e.